The van der Waals surface area contributed by atoms with Crippen LogP contribution in [0.4, 0.5) is 0 Å². The standard InChI is InChI=1S/C16H15NOS/c1-13-5-4-7-15(11-13)19-10-9-18-16-8-3-2-6-14(16)12-17/h2-8,11H,9-10H2,1H3. The van der Waals surface area contributed by atoms with Gasteiger partial charge in [-0.15, -0.1) is 11.8 Å². The lowest BCUT2D eigenvalue weighted by atomic mass is 10.2. The Morgan fingerprint density at radius 1 is 1.16 bits per heavy atom. The van der Waals surface area contributed by atoms with Crippen LogP contribution in [0, 0.1) is 18.3 Å². The van der Waals surface area contributed by atoms with Crippen LogP contribution in [0.15, 0.2) is 53.4 Å². The lowest BCUT2D eigenvalue weighted by Crippen LogP contribution is -2.01. The predicted molar refractivity (Wildman–Crippen MR) is 78.6 cm³/mol. The summed E-state index contributed by atoms with van der Waals surface area (Å²) in [6.45, 7) is 2.68. The molecular weight excluding hydrogens is 254 g/mol. The molecule has 0 amide bonds. The highest BCUT2D eigenvalue weighted by atomic mass is 32.2. The molecule has 3 heteroatoms. The Hall–Kier alpha value is -1.92. The first-order valence-electron chi connectivity index (χ1n) is 6.11. The molecule has 0 unspecified atom stereocenters. The van der Waals surface area contributed by atoms with Crippen molar-refractivity contribution in [3.8, 4) is 11.8 Å². The van der Waals surface area contributed by atoms with Crippen molar-refractivity contribution in [1.29, 1.82) is 5.26 Å². The summed E-state index contributed by atoms with van der Waals surface area (Å²) < 4.78 is 5.64. The molecule has 0 spiro atoms. The van der Waals surface area contributed by atoms with Gasteiger partial charge in [0.1, 0.15) is 11.8 Å². The van der Waals surface area contributed by atoms with E-state index in [4.69, 9.17) is 10.00 Å². The van der Waals surface area contributed by atoms with Crippen molar-refractivity contribution in [3.05, 3.63) is 59.7 Å². The zero-order valence-corrected chi connectivity index (χ0v) is 11.6. The van der Waals surface area contributed by atoms with E-state index in [2.05, 4.69) is 37.3 Å². The van der Waals surface area contributed by atoms with Crippen LogP contribution in [0.2, 0.25) is 0 Å². The van der Waals surface area contributed by atoms with Crippen LogP contribution in [0.25, 0.3) is 0 Å². The third-order valence-electron chi connectivity index (χ3n) is 2.61. The van der Waals surface area contributed by atoms with Crippen molar-refractivity contribution in [2.24, 2.45) is 0 Å². The average molecular weight is 269 g/mol. The molecule has 2 aromatic rings. The molecule has 0 saturated carbocycles. The number of para-hydroxylation sites is 1. The molecule has 2 rings (SSSR count). The molecule has 0 radical (unpaired) electrons. The summed E-state index contributed by atoms with van der Waals surface area (Å²) in [5, 5.41) is 8.95. The fraction of sp³-hybridized carbons (Fsp3) is 0.188. The molecule has 0 fully saturated rings. The number of hydrogen-bond acceptors (Lipinski definition) is 3. The second kappa shape index (κ2) is 6.86. The maximum atomic E-state index is 8.95. The normalized spacial score (nSPS) is 9.89. The van der Waals surface area contributed by atoms with E-state index in [1.165, 1.54) is 10.5 Å². The topological polar surface area (TPSA) is 33.0 Å². The number of rotatable bonds is 5. The number of ether oxygens (including phenoxy) is 1. The van der Waals surface area contributed by atoms with Gasteiger partial charge in [0.15, 0.2) is 0 Å². The first-order chi connectivity index (χ1) is 9.29. The van der Waals surface area contributed by atoms with E-state index in [1.54, 1.807) is 17.8 Å². The highest BCUT2D eigenvalue weighted by Gasteiger charge is 2.01. The number of nitrogens with zero attached hydrogens (tertiary/aromatic N) is 1. The van der Waals surface area contributed by atoms with Gasteiger partial charge in [0.05, 0.1) is 12.2 Å². The lowest BCUT2D eigenvalue weighted by Gasteiger charge is -2.07. The summed E-state index contributed by atoms with van der Waals surface area (Å²) in [4.78, 5) is 1.25. The van der Waals surface area contributed by atoms with Crippen molar-refractivity contribution in [2.75, 3.05) is 12.4 Å². The van der Waals surface area contributed by atoms with Crippen LogP contribution in [0.1, 0.15) is 11.1 Å². The predicted octanol–water partition coefficient (Wildman–Crippen LogP) is 4.04. The summed E-state index contributed by atoms with van der Waals surface area (Å²) in [6, 6.07) is 17.8. The van der Waals surface area contributed by atoms with E-state index in [-0.39, 0.29) is 0 Å². The molecule has 2 nitrogen and oxygen atoms in total. The van der Waals surface area contributed by atoms with Crippen LogP contribution < -0.4 is 4.74 Å². The smallest absolute Gasteiger partial charge is 0.137 e. The second-order valence-corrected chi connectivity index (χ2v) is 5.29. The quantitative estimate of drug-likeness (QED) is 0.606. The van der Waals surface area contributed by atoms with Gasteiger partial charge in [-0.1, -0.05) is 29.8 Å². The molecule has 0 N–H and O–H groups in total. The van der Waals surface area contributed by atoms with Crippen LogP contribution in [-0.2, 0) is 0 Å². The zero-order valence-electron chi connectivity index (χ0n) is 10.8. The van der Waals surface area contributed by atoms with Gasteiger partial charge in [-0.3, -0.25) is 0 Å². The van der Waals surface area contributed by atoms with Crippen molar-refractivity contribution < 1.29 is 4.74 Å². The van der Waals surface area contributed by atoms with E-state index in [0.717, 1.165) is 5.75 Å². The van der Waals surface area contributed by atoms with Gasteiger partial charge in [0.25, 0.3) is 0 Å². The van der Waals surface area contributed by atoms with Gasteiger partial charge in [0.2, 0.25) is 0 Å². The zero-order chi connectivity index (χ0) is 13.5. The van der Waals surface area contributed by atoms with Crippen LogP contribution >= 0.6 is 11.8 Å². The van der Waals surface area contributed by atoms with E-state index >= 15 is 0 Å². The van der Waals surface area contributed by atoms with Crippen molar-refractivity contribution in [1.82, 2.24) is 0 Å². The number of nitriles is 1. The van der Waals surface area contributed by atoms with E-state index in [0.29, 0.717) is 17.9 Å². The SMILES string of the molecule is Cc1cccc(SCCOc2ccccc2C#N)c1. The molecule has 0 heterocycles. The number of aryl methyl sites for hydroxylation is 1. The van der Waals surface area contributed by atoms with Gasteiger partial charge in [-0.05, 0) is 31.2 Å². The molecular formula is C16H15NOS. The van der Waals surface area contributed by atoms with Crippen LogP contribution in [-0.4, -0.2) is 12.4 Å². The molecule has 0 atom stereocenters. The second-order valence-electron chi connectivity index (χ2n) is 4.12. The molecule has 0 aromatic heterocycles. The molecule has 19 heavy (non-hydrogen) atoms. The minimum Gasteiger partial charge on any atom is -0.491 e. The Morgan fingerprint density at radius 3 is 2.79 bits per heavy atom. The van der Waals surface area contributed by atoms with Gasteiger partial charge in [-0.25, -0.2) is 0 Å². The monoisotopic (exact) mass is 269 g/mol. The van der Waals surface area contributed by atoms with Crippen LogP contribution in [0.5, 0.6) is 5.75 Å². The van der Waals surface area contributed by atoms with E-state index < -0.39 is 0 Å². The van der Waals surface area contributed by atoms with Crippen molar-refractivity contribution in [2.45, 2.75) is 11.8 Å². The Bertz CT molecular complexity index is 589. The summed E-state index contributed by atoms with van der Waals surface area (Å²) >= 11 is 1.76. The number of benzene rings is 2. The Labute approximate surface area is 118 Å². The summed E-state index contributed by atoms with van der Waals surface area (Å²) in [5.41, 5.74) is 1.85. The summed E-state index contributed by atoms with van der Waals surface area (Å²) in [7, 11) is 0. The van der Waals surface area contributed by atoms with E-state index in [1.807, 2.05) is 18.2 Å². The first-order valence-corrected chi connectivity index (χ1v) is 7.09. The minimum absolute atomic E-state index is 0.586. The third-order valence-corrected chi connectivity index (χ3v) is 3.56. The first kappa shape index (κ1) is 13.5. The van der Waals surface area contributed by atoms with Gasteiger partial charge < -0.3 is 4.74 Å². The van der Waals surface area contributed by atoms with E-state index in [9.17, 15) is 0 Å². The molecule has 0 saturated heterocycles. The fourth-order valence-corrected chi connectivity index (χ4v) is 2.55. The Kier molecular flexibility index (Phi) is 4.88. The summed E-state index contributed by atoms with van der Waals surface area (Å²) in [5.74, 6) is 1.53. The van der Waals surface area contributed by atoms with Gasteiger partial charge in [0, 0.05) is 10.6 Å². The summed E-state index contributed by atoms with van der Waals surface area (Å²) in [6.07, 6.45) is 0. The van der Waals surface area contributed by atoms with Crippen molar-refractivity contribution in [3.63, 3.8) is 0 Å². The molecule has 96 valence electrons. The van der Waals surface area contributed by atoms with Gasteiger partial charge in [-0.2, -0.15) is 5.26 Å². The van der Waals surface area contributed by atoms with Crippen molar-refractivity contribution >= 4 is 11.8 Å². The number of thioether (sulfide) groups is 1. The Balaban J connectivity index is 1.83. The van der Waals surface area contributed by atoms with Gasteiger partial charge >= 0.3 is 0 Å². The maximum Gasteiger partial charge on any atom is 0.137 e. The molecule has 2 aromatic carbocycles. The minimum atomic E-state index is 0.586. The molecule has 0 aliphatic rings. The number of hydrogen-bond donors (Lipinski definition) is 0. The fourth-order valence-electron chi connectivity index (χ4n) is 1.70. The van der Waals surface area contributed by atoms with Crippen LogP contribution in [0.3, 0.4) is 0 Å². The highest BCUT2D eigenvalue weighted by Crippen LogP contribution is 2.20. The largest absolute Gasteiger partial charge is 0.491 e. The molecule has 0 aliphatic heterocycles. The highest BCUT2D eigenvalue weighted by molar-refractivity contribution is 7.99. The molecule has 0 bridgehead atoms. The lowest BCUT2D eigenvalue weighted by molar-refractivity contribution is 0.343. The average Bonchev–Trinajstić information content (AvgIpc) is 2.44. The maximum absolute atomic E-state index is 8.95. The Morgan fingerprint density at radius 2 is 2.00 bits per heavy atom. The third kappa shape index (κ3) is 4.04. The molecule has 0 aliphatic carbocycles.